The highest BCUT2D eigenvalue weighted by Crippen LogP contribution is 2.36. The second-order valence-electron chi connectivity index (χ2n) is 6.96. The Morgan fingerprint density at radius 1 is 1.36 bits per heavy atom. The number of aromatic nitrogens is 1. The molecule has 4 nitrogen and oxygen atoms in total. The Labute approximate surface area is 151 Å². The topological polar surface area (TPSA) is 68.0 Å². The smallest absolute Gasteiger partial charge is 0.267 e. The van der Waals surface area contributed by atoms with Gasteiger partial charge in [-0.05, 0) is 61.4 Å². The number of pyridine rings is 1. The lowest BCUT2D eigenvalue weighted by Gasteiger charge is -2.20. The minimum absolute atomic E-state index is 0.169. The van der Waals surface area contributed by atoms with Gasteiger partial charge in [-0.15, -0.1) is 11.3 Å². The number of carbonyl (C=O) groups is 1. The number of nitrogen functional groups attached to an aromatic ring is 1. The molecule has 1 unspecified atom stereocenters. The fraction of sp³-hybridized carbons (Fsp3) is 0.300. The minimum Gasteiger partial charge on any atom is -0.397 e. The van der Waals surface area contributed by atoms with E-state index in [-0.39, 0.29) is 5.91 Å². The molecular weight excluding hydrogens is 330 g/mol. The van der Waals surface area contributed by atoms with E-state index in [2.05, 4.69) is 18.3 Å². The molecule has 1 aliphatic carbocycles. The van der Waals surface area contributed by atoms with Gasteiger partial charge in [0, 0.05) is 16.8 Å². The molecule has 0 aliphatic heterocycles. The van der Waals surface area contributed by atoms with Gasteiger partial charge in [-0.1, -0.05) is 19.1 Å². The van der Waals surface area contributed by atoms with Crippen LogP contribution in [0, 0.1) is 12.8 Å². The molecule has 1 atom stereocenters. The van der Waals surface area contributed by atoms with E-state index in [1.807, 2.05) is 31.2 Å². The number of nitrogens with zero attached hydrogens (tertiary/aromatic N) is 1. The Kier molecular flexibility index (Phi) is 3.96. The first-order valence-corrected chi connectivity index (χ1v) is 9.41. The van der Waals surface area contributed by atoms with E-state index in [1.165, 1.54) is 23.3 Å². The molecule has 0 radical (unpaired) electrons. The lowest BCUT2D eigenvalue weighted by atomic mass is 9.87. The molecule has 0 saturated carbocycles. The van der Waals surface area contributed by atoms with E-state index in [0.717, 1.165) is 40.0 Å². The minimum atomic E-state index is -0.169. The predicted octanol–water partition coefficient (Wildman–Crippen LogP) is 4.56. The summed E-state index contributed by atoms with van der Waals surface area (Å²) in [4.78, 5) is 18.9. The maximum atomic E-state index is 12.7. The summed E-state index contributed by atoms with van der Waals surface area (Å²) in [6.45, 7) is 4.27. The largest absolute Gasteiger partial charge is 0.397 e. The molecule has 4 rings (SSSR count). The van der Waals surface area contributed by atoms with Gasteiger partial charge in [-0.3, -0.25) is 4.79 Å². The number of amides is 1. The highest BCUT2D eigenvalue weighted by molar-refractivity contribution is 7.21. The average Bonchev–Trinajstić information content (AvgIpc) is 2.89. The maximum absolute atomic E-state index is 12.7. The van der Waals surface area contributed by atoms with Crippen molar-refractivity contribution in [3.63, 3.8) is 0 Å². The second-order valence-corrected chi connectivity index (χ2v) is 7.96. The number of fused-ring (bicyclic) bond motifs is 2. The lowest BCUT2D eigenvalue weighted by Crippen LogP contribution is -2.12. The van der Waals surface area contributed by atoms with Crippen LogP contribution in [0.2, 0.25) is 0 Å². The predicted molar refractivity (Wildman–Crippen MR) is 104 cm³/mol. The fourth-order valence-corrected chi connectivity index (χ4v) is 4.44. The molecule has 1 aliphatic rings. The molecule has 0 saturated heterocycles. The Morgan fingerprint density at radius 3 is 3.00 bits per heavy atom. The summed E-state index contributed by atoms with van der Waals surface area (Å²) < 4.78 is 0. The van der Waals surface area contributed by atoms with Crippen LogP contribution in [0.1, 0.15) is 39.8 Å². The van der Waals surface area contributed by atoms with E-state index < -0.39 is 0 Å². The van der Waals surface area contributed by atoms with Gasteiger partial charge < -0.3 is 11.1 Å². The van der Waals surface area contributed by atoms with Crippen molar-refractivity contribution in [1.29, 1.82) is 0 Å². The highest BCUT2D eigenvalue weighted by Gasteiger charge is 2.22. The second kappa shape index (κ2) is 6.15. The van der Waals surface area contributed by atoms with Crippen LogP contribution in [0.25, 0.3) is 10.2 Å². The lowest BCUT2D eigenvalue weighted by molar-refractivity contribution is 0.103. The third kappa shape index (κ3) is 3.00. The molecule has 0 fully saturated rings. The number of nitrogens with one attached hydrogen (secondary N) is 1. The van der Waals surface area contributed by atoms with E-state index >= 15 is 0 Å². The maximum Gasteiger partial charge on any atom is 0.267 e. The van der Waals surface area contributed by atoms with E-state index in [1.54, 1.807) is 0 Å². The number of nitrogens with two attached hydrogens (primary N) is 1. The number of rotatable bonds is 2. The third-order valence-corrected chi connectivity index (χ3v) is 5.93. The molecule has 0 spiro atoms. The zero-order chi connectivity index (χ0) is 17.6. The van der Waals surface area contributed by atoms with Gasteiger partial charge in [-0.25, -0.2) is 4.98 Å². The standard InChI is InChI=1S/C20H21N3OS/c1-11-4-3-5-14(9-11)22-19(24)18-17(21)15-10-13-8-12(2)6-7-16(13)23-20(15)25-18/h3-5,9-10,12H,6-8,21H2,1-2H3,(H,22,24). The number of hydrogen-bond acceptors (Lipinski definition) is 4. The van der Waals surface area contributed by atoms with Gasteiger partial charge in [-0.2, -0.15) is 0 Å². The van der Waals surface area contributed by atoms with Gasteiger partial charge in [0.1, 0.15) is 9.71 Å². The molecule has 3 N–H and O–H groups in total. The number of aryl methyl sites for hydroxylation is 2. The fourth-order valence-electron chi connectivity index (χ4n) is 3.45. The van der Waals surface area contributed by atoms with Crippen LogP contribution in [0.5, 0.6) is 0 Å². The molecule has 2 heterocycles. The van der Waals surface area contributed by atoms with E-state index in [0.29, 0.717) is 16.5 Å². The van der Waals surface area contributed by atoms with Gasteiger partial charge in [0.25, 0.3) is 5.91 Å². The molecule has 1 amide bonds. The summed E-state index contributed by atoms with van der Waals surface area (Å²) in [6, 6.07) is 9.89. The normalized spacial score (nSPS) is 16.6. The van der Waals surface area contributed by atoms with Crippen LogP contribution in [0.3, 0.4) is 0 Å². The number of carbonyl (C=O) groups excluding carboxylic acids is 1. The van der Waals surface area contributed by atoms with E-state index in [4.69, 9.17) is 10.7 Å². The summed E-state index contributed by atoms with van der Waals surface area (Å²) in [5, 5.41) is 3.85. The van der Waals surface area contributed by atoms with Crippen LogP contribution in [0.4, 0.5) is 11.4 Å². The van der Waals surface area contributed by atoms with Gasteiger partial charge in [0.15, 0.2) is 0 Å². The molecule has 5 heteroatoms. The summed E-state index contributed by atoms with van der Waals surface area (Å²) in [5.41, 5.74) is 11.2. The molecule has 1 aromatic carbocycles. The molecule has 128 valence electrons. The van der Waals surface area contributed by atoms with Crippen LogP contribution in [0.15, 0.2) is 30.3 Å². The summed E-state index contributed by atoms with van der Waals surface area (Å²) in [7, 11) is 0. The summed E-state index contributed by atoms with van der Waals surface area (Å²) in [5.74, 6) is 0.508. The van der Waals surface area contributed by atoms with Crippen LogP contribution < -0.4 is 11.1 Å². The average molecular weight is 351 g/mol. The molecule has 25 heavy (non-hydrogen) atoms. The molecule has 0 bridgehead atoms. The Morgan fingerprint density at radius 2 is 2.20 bits per heavy atom. The summed E-state index contributed by atoms with van der Waals surface area (Å²) >= 11 is 1.38. The van der Waals surface area contributed by atoms with E-state index in [9.17, 15) is 4.79 Å². The van der Waals surface area contributed by atoms with Crippen molar-refractivity contribution >= 4 is 38.8 Å². The molecular formula is C20H21N3OS. The SMILES string of the molecule is Cc1cccc(NC(=O)c2sc3nc4c(cc3c2N)CC(C)CC4)c1. The first-order valence-electron chi connectivity index (χ1n) is 8.60. The van der Waals surface area contributed by atoms with Gasteiger partial charge in [0.2, 0.25) is 0 Å². The van der Waals surface area contributed by atoms with Gasteiger partial charge >= 0.3 is 0 Å². The van der Waals surface area contributed by atoms with Crippen molar-refractivity contribution < 1.29 is 4.79 Å². The van der Waals surface area contributed by atoms with Crippen molar-refractivity contribution in [3.05, 3.63) is 52.0 Å². The quantitative estimate of drug-likeness (QED) is 0.711. The Bertz CT molecular complexity index is 976. The Balaban J connectivity index is 1.70. The van der Waals surface area contributed by atoms with Crippen molar-refractivity contribution in [2.75, 3.05) is 11.1 Å². The molecule has 2 aromatic heterocycles. The number of hydrogen-bond donors (Lipinski definition) is 2. The van der Waals surface area contributed by atoms with Crippen LogP contribution in [-0.4, -0.2) is 10.9 Å². The monoisotopic (exact) mass is 351 g/mol. The van der Waals surface area contributed by atoms with Crippen molar-refractivity contribution in [2.24, 2.45) is 5.92 Å². The zero-order valence-electron chi connectivity index (χ0n) is 14.4. The highest BCUT2D eigenvalue weighted by atomic mass is 32.1. The third-order valence-electron chi connectivity index (χ3n) is 4.81. The van der Waals surface area contributed by atoms with Crippen molar-refractivity contribution in [3.8, 4) is 0 Å². The van der Waals surface area contributed by atoms with Gasteiger partial charge in [0.05, 0.1) is 5.69 Å². The van der Waals surface area contributed by atoms with Crippen molar-refractivity contribution in [1.82, 2.24) is 4.98 Å². The number of thiophene rings is 1. The number of benzene rings is 1. The van der Waals surface area contributed by atoms with Crippen molar-refractivity contribution in [2.45, 2.75) is 33.1 Å². The number of anilines is 2. The van der Waals surface area contributed by atoms with Crippen LogP contribution >= 0.6 is 11.3 Å². The summed E-state index contributed by atoms with van der Waals surface area (Å²) in [6.07, 6.45) is 3.22. The van der Waals surface area contributed by atoms with Crippen LogP contribution in [-0.2, 0) is 12.8 Å². The first kappa shape index (κ1) is 16.1. The zero-order valence-corrected chi connectivity index (χ0v) is 15.2. The first-order chi connectivity index (χ1) is 12.0. The Hall–Kier alpha value is -2.40. The molecule has 3 aromatic rings.